The molecule has 0 heterocycles. The molecule has 0 aliphatic heterocycles. The number of carbonyl (C=O) groups excluding carboxylic acids is 1. The van der Waals surface area contributed by atoms with Gasteiger partial charge in [0.05, 0.1) is 6.61 Å². The third-order valence-electron chi connectivity index (χ3n) is 6.00. The van der Waals surface area contributed by atoms with Crippen LogP contribution in [0.4, 0.5) is 0 Å². The first-order valence-electron chi connectivity index (χ1n) is 13.6. The topological polar surface area (TPSA) is 55.4 Å². The van der Waals surface area contributed by atoms with Gasteiger partial charge in [0.15, 0.2) is 0 Å². The molecule has 0 fully saturated rings. The summed E-state index contributed by atoms with van der Waals surface area (Å²) in [5.41, 5.74) is 0. The maximum atomic E-state index is 12.4. The smallest absolute Gasteiger partial charge is 0.219 e. The van der Waals surface area contributed by atoms with Crippen LogP contribution in [0.3, 0.4) is 0 Å². The highest BCUT2D eigenvalue weighted by Crippen LogP contribution is 2.55. The first-order chi connectivity index (χ1) is 16.2. The summed E-state index contributed by atoms with van der Waals surface area (Å²) >= 11 is 0. The fraction of sp³-hybridized carbons (Fsp3) is 0.759. The molecular formula is C29H54NO3P. The van der Waals surface area contributed by atoms with Crippen LogP contribution in [0, 0.1) is 0 Å². The average molecular weight is 496 g/mol. The Kier molecular flexibility index (Phi) is 20.5. The Morgan fingerprint density at radius 3 is 2.03 bits per heavy atom. The van der Waals surface area contributed by atoms with Gasteiger partial charge in [-0.15, -0.1) is 0 Å². The lowest BCUT2D eigenvalue weighted by atomic mass is 10.1. The van der Waals surface area contributed by atoms with Crippen LogP contribution in [0.1, 0.15) is 118 Å². The molecule has 34 heavy (non-hydrogen) atoms. The molecular weight excluding hydrogens is 441 g/mol. The van der Waals surface area contributed by atoms with Crippen molar-refractivity contribution in [2.45, 2.75) is 123 Å². The molecule has 0 saturated carbocycles. The Bertz CT molecular complexity index is 632. The molecule has 1 N–H and O–H groups in total. The second-order valence-electron chi connectivity index (χ2n) is 10.2. The Morgan fingerprint density at radius 2 is 1.35 bits per heavy atom. The van der Waals surface area contributed by atoms with E-state index < -0.39 is 7.37 Å². The minimum Gasteiger partial charge on any atom is -0.356 e. The van der Waals surface area contributed by atoms with Gasteiger partial charge in [-0.3, -0.25) is 9.36 Å². The van der Waals surface area contributed by atoms with Gasteiger partial charge < -0.3 is 9.84 Å². The van der Waals surface area contributed by atoms with Crippen LogP contribution in [0.25, 0.3) is 0 Å². The van der Waals surface area contributed by atoms with Gasteiger partial charge in [0, 0.05) is 24.8 Å². The number of allylic oxidation sites excluding steroid dienone is 6. The SMILES string of the molecule is CC/C=C\C/C=C\C/C=C\CCCCCCCC(=O)NCCCCCCOP(C)(=O)C(C)(C)C. The fourth-order valence-corrected chi connectivity index (χ4v) is 4.10. The van der Waals surface area contributed by atoms with E-state index in [4.69, 9.17) is 4.52 Å². The molecule has 0 bridgehead atoms. The van der Waals surface area contributed by atoms with Crippen molar-refractivity contribution in [2.24, 2.45) is 0 Å². The third-order valence-corrected chi connectivity index (χ3v) is 9.12. The Balaban J connectivity index is 3.44. The number of unbranched alkanes of at least 4 members (excludes halogenated alkanes) is 8. The molecule has 0 aliphatic rings. The Labute approximate surface area is 211 Å². The van der Waals surface area contributed by atoms with Crippen molar-refractivity contribution in [1.29, 1.82) is 0 Å². The largest absolute Gasteiger partial charge is 0.356 e. The van der Waals surface area contributed by atoms with Crippen molar-refractivity contribution in [1.82, 2.24) is 5.32 Å². The second-order valence-corrected chi connectivity index (χ2v) is 13.5. The van der Waals surface area contributed by atoms with E-state index in [1.54, 1.807) is 6.66 Å². The van der Waals surface area contributed by atoms with Gasteiger partial charge >= 0.3 is 0 Å². The molecule has 1 amide bonds. The lowest BCUT2D eigenvalue weighted by Crippen LogP contribution is -2.23. The van der Waals surface area contributed by atoms with E-state index in [9.17, 15) is 9.36 Å². The maximum absolute atomic E-state index is 12.4. The summed E-state index contributed by atoms with van der Waals surface area (Å²) < 4.78 is 18.1. The Morgan fingerprint density at radius 1 is 0.794 bits per heavy atom. The van der Waals surface area contributed by atoms with E-state index >= 15 is 0 Å². The third kappa shape index (κ3) is 20.3. The number of amides is 1. The number of rotatable bonds is 21. The molecule has 0 rings (SSSR count). The van der Waals surface area contributed by atoms with Crippen molar-refractivity contribution >= 4 is 13.3 Å². The second kappa shape index (κ2) is 21.2. The van der Waals surface area contributed by atoms with Crippen molar-refractivity contribution < 1.29 is 13.9 Å². The molecule has 0 spiro atoms. The average Bonchev–Trinajstić information content (AvgIpc) is 2.77. The molecule has 198 valence electrons. The van der Waals surface area contributed by atoms with Crippen molar-refractivity contribution in [3.8, 4) is 0 Å². The summed E-state index contributed by atoms with van der Waals surface area (Å²) in [6, 6.07) is 0. The fourth-order valence-electron chi connectivity index (χ4n) is 3.23. The van der Waals surface area contributed by atoms with Gasteiger partial charge in [-0.1, -0.05) is 96.3 Å². The first kappa shape index (κ1) is 32.9. The molecule has 1 atom stereocenters. The number of nitrogens with one attached hydrogen (secondary N) is 1. The van der Waals surface area contributed by atoms with Crippen LogP contribution in [-0.2, 0) is 13.9 Å². The highest BCUT2D eigenvalue weighted by Gasteiger charge is 2.32. The minimum absolute atomic E-state index is 0.182. The zero-order valence-electron chi connectivity index (χ0n) is 22.9. The van der Waals surface area contributed by atoms with Gasteiger partial charge in [0.25, 0.3) is 0 Å². The maximum Gasteiger partial charge on any atom is 0.219 e. The predicted octanol–water partition coefficient (Wildman–Crippen LogP) is 8.98. The highest BCUT2D eigenvalue weighted by molar-refractivity contribution is 7.59. The van der Waals surface area contributed by atoms with E-state index in [2.05, 4.69) is 48.7 Å². The normalized spacial score (nSPS) is 14.4. The molecule has 0 aromatic heterocycles. The lowest BCUT2D eigenvalue weighted by Gasteiger charge is -2.27. The van der Waals surface area contributed by atoms with Crippen LogP contribution in [0.2, 0.25) is 0 Å². The molecule has 0 aliphatic carbocycles. The molecule has 1 unspecified atom stereocenters. The monoisotopic (exact) mass is 495 g/mol. The van der Waals surface area contributed by atoms with E-state index in [1.165, 1.54) is 19.3 Å². The van der Waals surface area contributed by atoms with Crippen molar-refractivity contribution in [3.05, 3.63) is 36.5 Å². The van der Waals surface area contributed by atoms with Crippen LogP contribution >= 0.6 is 7.37 Å². The summed E-state index contributed by atoms with van der Waals surface area (Å²) in [4.78, 5) is 11.9. The van der Waals surface area contributed by atoms with E-state index in [0.717, 1.165) is 70.8 Å². The number of hydrogen-bond acceptors (Lipinski definition) is 3. The molecule has 4 nitrogen and oxygen atoms in total. The predicted molar refractivity (Wildman–Crippen MR) is 150 cm³/mol. The van der Waals surface area contributed by atoms with Crippen molar-refractivity contribution in [2.75, 3.05) is 19.8 Å². The zero-order valence-corrected chi connectivity index (χ0v) is 23.8. The molecule has 0 aromatic carbocycles. The molecule has 0 aromatic rings. The van der Waals surface area contributed by atoms with Crippen LogP contribution in [-0.4, -0.2) is 30.9 Å². The van der Waals surface area contributed by atoms with Crippen molar-refractivity contribution in [3.63, 3.8) is 0 Å². The van der Waals surface area contributed by atoms with Gasteiger partial charge in [0.1, 0.15) is 0 Å². The van der Waals surface area contributed by atoms with E-state index in [-0.39, 0.29) is 11.1 Å². The highest BCUT2D eigenvalue weighted by atomic mass is 31.2. The van der Waals surface area contributed by atoms with Gasteiger partial charge in [-0.05, 0) is 51.4 Å². The summed E-state index contributed by atoms with van der Waals surface area (Å²) in [5.74, 6) is 0.182. The first-order valence-corrected chi connectivity index (χ1v) is 15.7. The zero-order chi connectivity index (χ0) is 25.5. The van der Waals surface area contributed by atoms with Crippen LogP contribution < -0.4 is 5.32 Å². The summed E-state index contributed by atoms with van der Waals surface area (Å²) in [6.07, 6.45) is 28.3. The standard InChI is InChI=1S/C29H54NO3P/c1-6-7-8-9-10-11-12-13-14-15-16-17-18-19-22-25-28(31)30-26-23-20-21-24-27-33-34(5,32)29(2,3)4/h7-8,10-11,13-14H,6,9,12,15-27H2,1-5H3,(H,30,31)/b8-7-,11-10-,14-13-. The van der Waals surface area contributed by atoms with Crippen LogP contribution in [0.15, 0.2) is 36.5 Å². The molecule has 5 heteroatoms. The quantitative estimate of drug-likeness (QED) is 0.0982. The summed E-state index contributed by atoms with van der Waals surface area (Å²) in [7, 11) is -2.55. The molecule has 0 radical (unpaired) electrons. The summed E-state index contributed by atoms with van der Waals surface area (Å²) in [5, 5.41) is 2.74. The number of hydrogen-bond donors (Lipinski definition) is 1. The Hall–Kier alpha value is -1.12. The van der Waals surface area contributed by atoms with E-state index in [0.29, 0.717) is 13.0 Å². The van der Waals surface area contributed by atoms with Gasteiger partial charge in [-0.25, -0.2) is 0 Å². The minimum atomic E-state index is -2.55. The lowest BCUT2D eigenvalue weighted by molar-refractivity contribution is -0.121. The van der Waals surface area contributed by atoms with Gasteiger partial charge in [-0.2, -0.15) is 0 Å². The van der Waals surface area contributed by atoms with Crippen LogP contribution in [0.5, 0.6) is 0 Å². The molecule has 0 saturated heterocycles. The van der Waals surface area contributed by atoms with Gasteiger partial charge in [0.2, 0.25) is 13.3 Å². The number of carbonyl (C=O) groups is 1. The van der Waals surface area contributed by atoms with E-state index in [1.807, 2.05) is 20.8 Å². The summed E-state index contributed by atoms with van der Waals surface area (Å²) in [6.45, 7) is 11.1.